The van der Waals surface area contributed by atoms with Gasteiger partial charge in [0, 0.05) is 16.5 Å². The van der Waals surface area contributed by atoms with Crippen LogP contribution in [0.1, 0.15) is 24.0 Å². The van der Waals surface area contributed by atoms with Gasteiger partial charge in [-0.15, -0.1) is 0 Å². The molecule has 4 nitrogen and oxygen atoms in total. The molecule has 0 aliphatic carbocycles. The van der Waals surface area contributed by atoms with E-state index in [-0.39, 0.29) is 12.4 Å². The predicted octanol–water partition coefficient (Wildman–Crippen LogP) is 7.48. The molecule has 0 N–H and O–H groups in total. The summed E-state index contributed by atoms with van der Waals surface area (Å²) in [5.74, 6) is 0.584. The Labute approximate surface area is 201 Å². The second-order valence-electron chi connectivity index (χ2n) is 6.75. The fourth-order valence-electron chi connectivity index (χ4n) is 2.78. The largest absolute Gasteiger partial charge is 0.492 e. The SMILES string of the molecule is N#C/C(=C/c1ccc(OC(=O)CCCOc2ccc(Cl)cc2Cl)cc1)c1ccc(Cl)cc1. The predicted molar refractivity (Wildman–Crippen MR) is 128 cm³/mol. The fraction of sp³-hybridized carbons (Fsp3) is 0.120. The number of hydrogen-bond donors (Lipinski definition) is 0. The van der Waals surface area contributed by atoms with Crippen molar-refractivity contribution in [3.05, 3.63) is 92.9 Å². The molecular formula is C25H18Cl3NO3. The van der Waals surface area contributed by atoms with Gasteiger partial charge in [0.2, 0.25) is 0 Å². The Morgan fingerprint density at radius 2 is 1.62 bits per heavy atom. The molecule has 3 rings (SSSR count). The maximum Gasteiger partial charge on any atom is 0.311 e. The van der Waals surface area contributed by atoms with Crippen molar-refractivity contribution in [2.24, 2.45) is 0 Å². The highest BCUT2D eigenvalue weighted by Gasteiger charge is 2.07. The van der Waals surface area contributed by atoms with Crippen molar-refractivity contribution in [1.29, 1.82) is 5.26 Å². The van der Waals surface area contributed by atoms with Crippen LogP contribution >= 0.6 is 34.8 Å². The van der Waals surface area contributed by atoms with Crippen LogP contribution in [0.2, 0.25) is 15.1 Å². The van der Waals surface area contributed by atoms with Crippen molar-refractivity contribution in [1.82, 2.24) is 0 Å². The monoisotopic (exact) mass is 485 g/mol. The maximum atomic E-state index is 12.1. The average molecular weight is 487 g/mol. The van der Waals surface area contributed by atoms with E-state index in [0.717, 1.165) is 11.1 Å². The summed E-state index contributed by atoms with van der Waals surface area (Å²) in [4.78, 5) is 12.1. The number of hydrogen-bond acceptors (Lipinski definition) is 4. The van der Waals surface area contributed by atoms with Crippen molar-refractivity contribution >= 4 is 52.4 Å². The Morgan fingerprint density at radius 1 is 0.938 bits per heavy atom. The molecule has 0 fully saturated rings. The molecule has 0 aliphatic rings. The van der Waals surface area contributed by atoms with Gasteiger partial charge in [0.25, 0.3) is 0 Å². The topological polar surface area (TPSA) is 59.3 Å². The molecule has 0 saturated heterocycles. The van der Waals surface area contributed by atoms with Gasteiger partial charge >= 0.3 is 5.97 Å². The summed E-state index contributed by atoms with van der Waals surface area (Å²) in [6.45, 7) is 0.321. The highest BCUT2D eigenvalue weighted by atomic mass is 35.5. The van der Waals surface area contributed by atoms with E-state index in [9.17, 15) is 10.1 Å². The Balaban J connectivity index is 1.49. The van der Waals surface area contributed by atoms with Crippen molar-refractivity contribution in [2.45, 2.75) is 12.8 Å². The summed E-state index contributed by atoms with van der Waals surface area (Å²) < 4.78 is 10.9. The second-order valence-corrected chi connectivity index (χ2v) is 8.03. The van der Waals surface area contributed by atoms with E-state index in [1.54, 1.807) is 72.8 Å². The lowest BCUT2D eigenvalue weighted by Crippen LogP contribution is -2.10. The van der Waals surface area contributed by atoms with Crippen molar-refractivity contribution in [2.75, 3.05) is 6.61 Å². The molecule has 3 aromatic rings. The van der Waals surface area contributed by atoms with E-state index in [4.69, 9.17) is 44.3 Å². The summed E-state index contributed by atoms with van der Waals surface area (Å²) in [7, 11) is 0. The Morgan fingerprint density at radius 3 is 2.28 bits per heavy atom. The third-order valence-electron chi connectivity index (χ3n) is 4.38. The van der Waals surface area contributed by atoms with Gasteiger partial charge in [-0.25, -0.2) is 0 Å². The molecule has 7 heteroatoms. The molecule has 0 aromatic heterocycles. The maximum absolute atomic E-state index is 12.1. The number of ether oxygens (including phenoxy) is 2. The van der Waals surface area contributed by atoms with Crippen LogP contribution in [0.5, 0.6) is 11.5 Å². The minimum Gasteiger partial charge on any atom is -0.492 e. The number of halogens is 3. The molecule has 0 spiro atoms. The quantitative estimate of drug-likeness (QED) is 0.109. The first-order valence-corrected chi connectivity index (χ1v) is 10.8. The van der Waals surface area contributed by atoms with E-state index in [1.807, 2.05) is 0 Å². The van der Waals surface area contributed by atoms with Crippen LogP contribution in [-0.4, -0.2) is 12.6 Å². The van der Waals surface area contributed by atoms with E-state index in [1.165, 1.54) is 0 Å². The number of benzene rings is 3. The second kappa shape index (κ2) is 11.6. The number of allylic oxidation sites excluding steroid dienone is 1. The van der Waals surface area contributed by atoms with Gasteiger partial charge in [0.1, 0.15) is 11.5 Å². The number of nitriles is 1. The van der Waals surface area contributed by atoms with Crippen molar-refractivity contribution in [3.8, 4) is 17.6 Å². The molecule has 32 heavy (non-hydrogen) atoms. The molecule has 0 unspecified atom stereocenters. The number of carbonyl (C=O) groups is 1. The highest BCUT2D eigenvalue weighted by Crippen LogP contribution is 2.27. The van der Waals surface area contributed by atoms with E-state index in [2.05, 4.69) is 6.07 Å². The van der Waals surface area contributed by atoms with Gasteiger partial charge in [-0.1, -0.05) is 59.1 Å². The minimum atomic E-state index is -0.363. The molecule has 162 valence electrons. The van der Waals surface area contributed by atoms with E-state index in [0.29, 0.717) is 45.2 Å². The number of rotatable bonds is 8. The van der Waals surface area contributed by atoms with E-state index < -0.39 is 0 Å². The van der Waals surface area contributed by atoms with Crippen LogP contribution in [0.3, 0.4) is 0 Å². The lowest BCUT2D eigenvalue weighted by atomic mass is 10.0. The third-order valence-corrected chi connectivity index (χ3v) is 5.16. The van der Waals surface area contributed by atoms with Crippen LogP contribution in [0, 0.1) is 11.3 Å². The number of esters is 1. The highest BCUT2D eigenvalue weighted by molar-refractivity contribution is 6.35. The molecule has 0 heterocycles. The first kappa shape index (κ1) is 23.7. The van der Waals surface area contributed by atoms with Gasteiger partial charge in [0.05, 0.1) is 23.3 Å². The Bertz CT molecular complexity index is 1150. The molecule has 0 aliphatic heterocycles. The third kappa shape index (κ3) is 7.03. The molecule has 0 saturated carbocycles. The van der Waals surface area contributed by atoms with Gasteiger partial charge in [-0.2, -0.15) is 5.26 Å². The van der Waals surface area contributed by atoms with Crippen LogP contribution in [0.25, 0.3) is 11.6 Å². The molecular weight excluding hydrogens is 469 g/mol. The zero-order chi connectivity index (χ0) is 22.9. The minimum absolute atomic E-state index is 0.196. The number of nitrogens with zero attached hydrogens (tertiary/aromatic N) is 1. The van der Waals surface area contributed by atoms with Gasteiger partial charge in [0.15, 0.2) is 0 Å². The van der Waals surface area contributed by atoms with Crippen LogP contribution in [-0.2, 0) is 4.79 Å². The average Bonchev–Trinajstić information content (AvgIpc) is 2.78. The molecule has 0 radical (unpaired) electrons. The normalized spacial score (nSPS) is 11.0. The summed E-state index contributed by atoms with van der Waals surface area (Å²) in [6.07, 6.45) is 2.43. The molecule has 0 amide bonds. The summed E-state index contributed by atoms with van der Waals surface area (Å²) in [5.41, 5.74) is 2.09. The van der Waals surface area contributed by atoms with Crippen molar-refractivity contribution < 1.29 is 14.3 Å². The lowest BCUT2D eigenvalue weighted by Gasteiger charge is -2.08. The zero-order valence-corrected chi connectivity index (χ0v) is 19.1. The van der Waals surface area contributed by atoms with Gasteiger partial charge in [-0.3, -0.25) is 4.79 Å². The zero-order valence-electron chi connectivity index (χ0n) is 16.9. The molecule has 0 bridgehead atoms. The smallest absolute Gasteiger partial charge is 0.311 e. The molecule has 3 aromatic carbocycles. The lowest BCUT2D eigenvalue weighted by molar-refractivity contribution is -0.134. The van der Waals surface area contributed by atoms with Crippen LogP contribution in [0.15, 0.2) is 66.7 Å². The van der Waals surface area contributed by atoms with E-state index >= 15 is 0 Å². The Kier molecular flexibility index (Phi) is 8.58. The van der Waals surface area contributed by atoms with Gasteiger partial charge in [-0.05, 0) is 66.1 Å². The standard InChI is InChI=1S/C25H18Cl3NO3/c26-20-7-5-18(6-8-20)19(16-29)14-17-3-10-22(11-4-17)32-25(30)2-1-13-31-24-12-9-21(27)15-23(24)28/h3-12,14-15H,1-2,13H2/b19-14-. The fourth-order valence-corrected chi connectivity index (χ4v) is 3.37. The van der Waals surface area contributed by atoms with Gasteiger partial charge < -0.3 is 9.47 Å². The first-order valence-electron chi connectivity index (χ1n) is 9.71. The van der Waals surface area contributed by atoms with Crippen molar-refractivity contribution in [3.63, 3.8) is 0 Å². The molecule has 0 atom stereocenters. The van der Waals surface area contributed by atoms with Crippen LogP contribution in [0.4, 0.5) is 0 Å². The first-order chi connectivity index (χ1) is 15.4. The summed E-state index contributed by atoms with van der Waals surface area (Å²) in [5, 5.41) is 11.0. The summed E-state index contributed by atoms with van der Waals surface area (Å²) in [6, 6.07) is 21.1. The Hall–Kier alpha value is -2.97. The van der Waals surface area contributed by atoms with Crippen LogP contribution < -0.4 is 9.47 Å². The summed E-state index contributed by atoms with van der Waals surface area (Å²) >= 11 is 17.8. The number of carbonyl (C=O) groups excluding carboxylic acids is 1.